The summed E-state index contributed by atoms with van der Waals surface area (Å²) in [5, 5.41) is 0.782. The summed E-state index contributed by atoms with van der Waals surface area (Å²) in [6.45, 7) is 0. The zero-order valence-electron chi connectivity index (χ0n) is 10.8. The summed E-state index contributed by atoms with van der Waals surface area (Å²) in [6.07, 6.45) is 2.84. The Bertz CT molecular complexity index is 545. The molecule has 0 heterocycles. The van der Waals surface area contributed by atoms with Crippen molar-refractivity contribution < 1.29 is 0 Å². The summed E-state index contributed by atoms with van der Waals surface area (Å²) >= 11 is 7.94. The molecule has 0 fully saturated rings. The molecule has 0 aromatic heterocycles. The van der Waals surface area contributed by atoms with Gasteiger partial charge in [-0.25, -0.2) is 0 Å². The number of nitrogens with one attached hydrogen (secondary N) is 1. The third-order valence-corrected chi connectivity index (χ3v) is 4.28. The van der Waals surface area contributed by atoms with Crippen LogP contribution in [-0.4, -0.2) is 6.26 Å². The van der Waals surface area contributed by atoms with Crippen molar-refractivity contribution in [3.05, 3.63) is 64.7 Å². The SMILES string of the molecule is CSc1ccccc1C(Cc1ccccc1Cl)NN. The Morgan fingerprint density at radius 2 is 1.84 bits per heavy atom. The molecule has 3 N–H and O–H groups in total. The van der Waals surface area contributed by atoms with Crippen LogP contribution in [0.25, 0.3) is 0 Å². The minimum Gasteiger partial charge on any atom is -0.271 e. The van der Waals surface area contributed by atoms with Gasteiger partial charge in [0.2, 0.25) is 0 Å². The van der Waals surface area contributed by atoms with E-state index in [9.17, 15) is 0 Å². The van der Waals surface area contributed by atoms with Crippen LogP contribution in [-0.2, 0) is 6.42 Å². The molecule has 0 aliphatic heterocycles. The fraction of sp³-hybridized carbons (Fsp3) is 0.200. The van der Waals surface area contributed by atoms with Gasteiger partial charge < -0.3 is 0 Å². The van der Waals surface area contributed by atoms with Crippen molar-refractivity contribution >= 4 is 23.4 Å². The number of thioether (sulfide) groups is 1. The normalized spacial score (nSPS) is 12.4. The second kappa shape index (κ2) is 6.96. The Labute approximate surface area is 123 Å². The average Bonchev–Trinajstić information content (AvgIpc) is 2.46. The van der Waals surface area contributed by atoms with Gasteiger partial charge in [0.05, 0.1) is 6.04 Å². The van der Waals surface area contributed by atoms with Crippen LogP contribution in [0.15, 0.2) is 53.4 Å². The summed E-state index contributed by atoms with van der Waals surface area (Å²) in [5.74, 6) is 5.72. The summed E-state index contributed by atoms with van der Waals surface area (Å²) < 4.78 is 0. The second-order valence-electron chi connectivity index (χ2n) is 4.26. The Morgan fingerprint density at radius 3 is 2.53 bits per heavy atom. The number of hydrazine groups is 1. The van der Waals surface area contributed by atoms with E-state index in [1.807, 2.05) is 36.4 Å². The predicted molar refractivity (Wildman–Crippen MR) is 83.4 cm³/mol. The first kappa shape index (κ1) is 14.4. The fourth-order valence-corrected chi connectivity index (χ4v) is 2.97. The summed E-state index contributed by atoms with van der Waals surface area (Å²) in [7, 11) is 0. The van der Waals surface area contributed by atoms with Crippen LogP contribution in [0, 0.1) is 0 Å². The topological polar surface area (TPSA) is 38.0 Å². The molecule has 100 valence electrons. The Balaban J connectivity index is 2.28. The summed E-state index contributed by atoms with van der Waals surface area (Å²) in [4.78, 5) is 1.23. The van der Waals surface area contributed by atoms with E-state index in [0.29, 0.717) is 0 Å². The molecule has 2 rings (SSSR count). The molecule has 0 spiro atoms. The molecule has 0 aliphatic rings. The van der Waals surface area contributed by atoms with Crippen molar-refractivity contribution in [2.75, 3.05) is 6.26 Å². The van der Waals surface area contributed by atoms with E-state index in [4.69, 9.17) is 17.4 Å². The monoisotopic (exact) mass is 292 g/mol. The number of hydrogen-bond acceptors (Lipinski definition) is 3. The van der Waals surface area contributed by atoms with Gasteiger partial charge in [0, 0.05) is 9.92 Å². The van der Waals surface area contributed by atoms with Gasteiger partial charge in [-0.1, -0.05) is 48.0 Å². The molecule has 0 radical (unpaired) electrons. The highest BCUT2D eigenvalue weighted by atomic mass is 35.5. The van der Waals surface area contributed by atoms with Crippen LogP contribution in [0.2, 0.25) is 5.02 Å². The zero-order valence-corrected chi connectivity index (χ0v) is 12.3. The lowest BCUT2D eigenvalue weighted by molar-refractivity contribution is 0.544. The van der Waals surface area contributed by atoms with E-state index in [-0.39, 0.29) is 6.04 Å². The second-order valence-corrected chi connectivity index (χ2v) is 5.51. The highest BCUT2D eigenvalue weighted by Crippen LogP contribution is 2.29. The van der Waals surface area contributed by atoms with Crippen LogP contribution >= 0.6 is 23.4 Å². The van der Waals surface area contributed by atoms with Gasteiger partial charge in [0.15, 0.2) is 0 Å². The van der Waals surface area contributed by atoms with Crippen molar-refractivity contribution in [3.8, 4) is 0 Å². The van der Waals surface area contributed by atoms with Crippen LogP contribution in [0.3, 0.4) is 0 Å². The van der Waals surface area contributed by atoms with Crippen LogP contribution in [0.5, 0.6) is 0 Å². The molecule has 2 nitrogen and oxygen atoms in total. The minimum atomic E-state index is 0.0588. The van der Waals surface area contributed by atoms with Crippen LogP contribution < -0.4 is 11.3 Å². The van der Waals surface area contributed by atoms with Crippen LogP contribution in [0.4, 0.5) is 0 Å². The van der Waals surface area contributed by atoms with E-state index in [0.717, 1.165) is 17.0 Å². The Morgan fingerprint density at radius 1 is 1.16 bits per heavy atom. The van der Waals surface area contributed by atoms with Crippen LogP contribution in [0.1, 0.15) is 17.2 Å². The van der Waals surface area contributed by atoms with Crippen molar-refractivity contribution in [2.24, 2.45) is 5.84 Å². The largest absolute Gasteiger partial charge is 0.271 e. The summed E-state index contributed by atoms with van der Waals surface area (Å²) in [6, 6.07) is 16.2. The third-order valence-electron chi connectivity index (χ3n) is 3.10. The molecular formula is C15H17ClN2S. The van der Waals surface area contributed by atoms with Crippen molar-refractivity contribution in [2.45, 2.75) is 17.4 Å². The third kappa shape index (κ3) is 3.51. The van der Waals surface area contributed by atoms with Crippen molar-refractivity contribution in [3.63, 3.8) is 0 Å². The van der Waals surface area contributed by atoms with E-state index >= 15 is 0 Å². The molecule has 2 aromatic rings. The van der Waals surface area contributed by atoms with E-state index in [1.165, 1.54) is 10.5 Å². The molecule has 0 saturated carbocycles. The highest BCUT2D eigenvalue weighted by molar-refractivity contribution is 7.98. The van der Waals surface area contributed by atoms with Gasteiger partial charge in [0.1, 0.15) is 0 Å². The molecule has 4 heteroatoms. The quantitative estimate of drug-likeness (QED) is 0.500. The number of nitrogens with two attached hydrogens (primary N) is 1. The van der Waals surface area contributed by atoms with Gasteiger partial charge in [-0.15, -0.1) is 11.8 Å². The molecule has 2 aromatic carbocycles. The maximum atomic E-state index is 6.21. The van der Waals surface area contributed by atoms with E-state index in [2.05, 4.69) is 23.8 Å². The molecule has 19 heavy (non-hydrogen) atoms. The maximum Gasteiger partial charge on any atom is 0.0511 e. The fourth-order valence-electron chi connectivity index (χ4n) is 2.10. The molecule has 1 unspecified atom stereocenters. The number of benzene rings is 2. The van der Waals surface area contributed by atoms with Gasteiger partial charge >= 0.3 is 0 Å². The standard InChI is InChI=1S/C15H17ClN2S/c1-19-15-9-5-3-7-12(15)14(18-17)10-11-6-2-4-8-13(11)16/h2-9,14,18H,10,17H2,1H3. The van der Waals surface area contributed by atoms with Gasteiger partial charge in [0.25, 0.3) is 0 Å². The average molecular weight is 293 g/mol. The molecule has 1 atom stereocenters. The van der Waals surface area contributed by atoms with E-state index in [1.54, 1.807) is 11.8 Å². The molecule has 0 bridgehead atoms. The molecular weight excluding hydrogens is 276 g/mol. The number of halogens is 1. The molecule has 0 aliphatic carbocycles. The van der Waals surface area contributed by atoms with Gasteiger partial charge in [-0.05, 0) is 35.9 Å². The van der Waals surface area contributed by atoms with E-state index < -0.39 is 0 Å². The first-order valence-electron chi connectivity index (χ1n) is 6.08. The zero-order chi connectivity index (χ0) is 13.7. The van der Waals surface area contributed by atoms with Crippen molar-refractivity contribution in [1.82, 2.24) is 5.43 Å². The summed E-state index contributed by atoms with van der Waals surface area (Å²) in [5.41, 5.74) is 5.20. The first-order chi connectivity index (χ1) is 9.26. The minimum absolute atomic E-state index is 0.0588. The van der Waals surface area contributed by atoms with Crippen molar-refractivity contribution in [1.29, 1.82) is 0 Å². The van der Waals surface area contributed by atoms with Gasteiger partial charge in [-0.2, -0.15) is 0 Å². The lowest BCUT2D eigenvalue weighted by Crippen LogP contribution is -2.30. The highest BCUT2D eigenvalue weighted by Gasteiger charge is 2.15. The van der Waals surface area contributed by atoms with Gasteiger partial charge in [-0.3, -0.25) is 11.3 Å². The number of rotatable bonds is 5. The molecule has 0 saturated heterocycles. The lowest BCUT2D eigenvalue weighted by Gasteiger charge is -2.19. The molecule has 0 amide bonds. The maximum absolute atomic E-state index is 6.21. The Hall–Kier alpha value is -1.00. The predicted octanol–water partition coefficient (Wildman–Crippen LogP) is 3.81. The Kier molecular flexibility index (Phi) is 5.28. The number of hydrogen-bond donors (Lipinski definition) is 2. The lowest BCUT2D eigenvalue weighted by atomic mass is 9.99. The first-order valence-corrected chi connectivity index (χ1v) is 7.69. The smallest absolute Gasteiger partial charge is 0.0511 e.